The Kier molecular flexibility index (Phi) is 8.72. The van der Waals surface area contributed by atoms with Crippen LogP contribution in [0.5, 0.6) is 0 Å². The standard InChI is InChI=1S/C15H25N7O.HI/c1-5-14-20-19-10-22(14)9-8-18-15(16-4)17-7-6-13-11(2)21-23-12(13)3;/h10H,5-9H2,1-4H3,(H2,16,17,18);1H. The van der Waals surface area contributed by atoms with Crippen molar-refractivity contribution in [3.63, 3.8) is 0 Å². The Balaban J connectivity index is 0.00000288. The van der Waals surface area contributed by atoms with Crippen LogP contribution < -0.4 is 10.6 Å². The van der Waals surface area contributed by atoms with Crippen molar-refractivity contribution in [2.45, 2.75) is 40.2 Å². The quantitative estimate of drug-likeness (QED) is 0.380. The van der Waals surface area contributed by atoms with Crippen molar-refractivity contribution in [1.29, 1.82) is 0 Å². The number of aromatic nitrogens is 4. The minimum Gasteiger partial charge on any atom is -0.361 e. The first-order valence-corrected chi connectivity index (χ1v) is 7.88. The Labute approximate surface area is 159 Å². The Morgan fingerprint density at radius 1 is 1.29 bits per heavy atom. The smallest absolute Gasteiger partial charge is 0.191 e. The molecule has 9 heteroatoms. The molecule has 0 spiro atoms. The highest BCUT2D eigenvalue weighted by Gasteiger charge is 2.08. The van der Waals surface area contributed by atoms with Crippen LogP contribution in [0.1, 0.15) is 29.8 Å². The number of guanidine groups is 1. The van der Waals surface area contributed by atoms with E-state index in [1.54, 1.807) is 13.4 Å². The number of aliphatic imine (C=N–C) groups is 1. The Morgan fingerprint density at radius 3 is 2.67 bits per heavy atom. The summed E-state index contributed by atoms with van der Waals surface area (Å²) in [6.45, 7) is 8.31. The van der Waals surface area contributed by atoms with Gasteiger partial charge in [-0.05, 0) is 20.3 Å². The van der Waals surface area contributed by atoms with Crippen LogP contribution in [0, 0.1) is 13.8 Å². The van der Waals surface area contributed by atoms with Crippen LogP contribution in [-0.2, 0) is 19.4 Å². The lowest BCUT2D eigenvalue weighted by Crippen LogP contribution is -2.39. The molecule has 2 rings (SSSR count). The van der Waals surface area contributed by atoms with Gasteiger partial charge in [-0.1, -0.05) is 12.1 Å². The van der Waals surface area contributed by atoms with Crippen molar-refractivity contribution in [3.8, 4) is 0 Å². The van der Waals surface area contributed by atoms with Crippen molar-refractivity contribution in [2.75, 3.05) is 20.1 Å². The first kappa shape index (κ1) is 20.4. The molecule has 2 aromatic heterocycles. The molecule has 0 amide bonds. The second kappa shape index (κ2) is 10.3. The van der Waals surface area contributed by atoms with Gasteiger partial charge in [0.15, 0.2) is 5.96 Å². The molecule has 0 saturated heterocycles. The van der Waals surface area contributed by atoms with Crippen molar-refractivity contribution in [3.05, 3.63) is 29.2 Å². The number of aryl methyl sites for hydroxylation is 3. The van der Waals surface area contributed by atoms with Crippen molar-refractivity contribution >= 4 is 29.9 Å². The fraction of sp³-hybridized carbons (Fsp3) is 0.600. The molecule has 2 heterocycles. The largest absolute Gasteiger partial charge is 0.361 e. The monoisotopic (exact) mass is 447 g/mol. The molecule has 8 nitrogen and oxygen atoms in total. The van der Waals surface area contributed by atoms with Gasteiger partial charge in [-0.3, -0.25) is 4.99 Å². The molecular weight excluding hydrogens is 421 g/mol. The zero-order valence-electron chi connectivity index (χ0n) is 14.7. The van der Waals surface area contributed by atoms with Gasteiger partial charge in [0.2, 0.25) is 0 Å². The van der Waals surface area contributed by atoms with Crippen LogP contribution in [0.15, 0.2) is 15.8 Å². The summed E-state index contributed by atoms with van der Waals surface area (Å²) in [4.78, 5) is 4.23. The number of hydrogen-bond donors (Lipinski definition) is 2. The van der Waals surface area contributed by atoms with E-state index in [2.05, 4.69) is 37.9 Å². The minimum absolute atomic E-state index is 0. The van der Waals surface area contributed by atoms with E-state index >= 15 is 0 Å². The average molecular weight is 447 g/mol. The van der Waals surface area contributed by atoms with Crippen LogP contribution in [0.2, 0.25) is 0 Å². The summed E-state index contributed by atoms with van der Waals surface area (Å²) < 4.78 is 7.21. The number of rotatable bonds is 7. The van der Waals surface area contributed by atoms with E-state index in [4.69, 9.17) is 4.52 Å². The average Bonchev–Trinajstić information content (AvgIpc) is 3.13. The van der Waals surface area contributed by atoms with Crippen LogP contribution in [-0.4, -0.2) is 46.0 Å². The molecular formula is C15H26IN7O. The topological polar surface area (TPSA) is 93.2 Å². The summed E-state index contributed by atoms with van der Waals surface area (Å²) in [7, 11) is 1.77. The third-order valence-corrected chi connectivity index (χ3v) is 3.73. The molecule has 134 valence electrons. The van der Waals surface area contributed by atoms with Gasteiger partial charge < -0.3 is 19.7 Å². The third kappa shape index (κ3) is 5.46. The van der Waals surface area contributed by atoms with E-state index in [0.717, 1.165) is 61.3 Å². The molecule has 0 aliphatic carbocycles. The highest BCUT2D eigenvalue weighted by molar-refractivity contribution is 14.0. The molecule has 0 aliphatic heterocycles. The lowest BCUT2D eigenvalue weighted by molar-refractivity contribution is 0.392. The van der Waals surface area contributed by atoms with Crippen molar-refractivity contribution in [1.82, 2.24) is 30.6 Å². The molecule has 0 fully saturated rings. The highest BCUT2D eigenvalue weighted by Crippen LogP contribution is 2.11. The molecule has 0 atom stereocenters. The van der Waals surface area contributed by atoms with E-state index in [-0.39, 0.29) is 24.0 Å². The molecule has 0 aromatic carbocycles. The van der Waals surface area contributed by atoms with Gasteiger partial charge in [0, 0.05) is 38.7 Å². The molecule has 0 unspecified atom stereocenters. The van der Waals surface area contributed by atoms with Crippen molar-refractivity contribution < 1.29 is 4.52 Å². The van der Waals surface area contributed by atoms with Gasteiger partial charge in [-0.15, -0.1) is 34.2 Å². The normalized spacial score (nSPS) is 11.2. The van der Waals surface area contributed by atoms with Crippen molar-refractivity contribution in [2.24, 2.45) is 4.99 Å². The maximum Gasteiger partial charge on any atom is 0.191 e. The summed E-state index contributed by atoms with van der Waals surface area (Å²) >= 11 is 0. The molecule has 2 N–H and O–H groups in total. The van der Waals surface area contributed by atoms with Crippen LogP contribution in [0.4, 0.5) is 0 Å². The Bertz CT molecular complexity index is 631. The zero-order chi connectivity index (χ0) is 16.7. The van der Waals surface area contributed by atoms with E-state index in [1.165, 1.54) is 0 Å². The van der Waals surface area contributed by atoms with Gasteiger partial charge in [0.05, 0.1) is 5.69 Å². The highest BCUT2D eigenvalue weighted by atomic mass is 127. The summed E-state index contributed by atoms with van der Waals surface area (Å²) in [5.74, 6) is 2.66. The lowest BCUT2D eigenvalue weighted by atomic mass is 10.1. The van der Waals surface area contributed by atoms with E-state index in [0.29, 0.717) is 0 Å². The molecule has 2 aromatic rings. The zero-order valence-corrected chi connectivity index (χ0v) is 17.0. The fourth-order valence-electron chi connectivity index (χ4n) is 2.42. The van der Waals surface area contributed by atoms with Gasteiger partial charge in [-0.2, -0.15) is 0 Å². The van der Waals surface area contributed by atoms with E-state index in [9.17, 15) is 0 Å². The summed E-state index contributed by atoms with van der Waals surface area (Å²) in [6, 6.07) is 0. The molecule has 0 bridgehead atoms. The maximum absolute atomic E-state index is 5.17. The van der Waals surface area contributed by atoms with Gasteiger partial charge in [-0.25, -0.2) is 0 Å². The molecule has 24 heavy (non-hydrogen) atoms. The number of nitrogens with one attached hydrogen (secondary N) is 2. The second-order valence-electron chi connectivity index (χ2n) is 5.27. The number of hydrogen-bond acceptors (Lipinski definition) is 5. The lowest BCUT2D eigenvalue weighted by Gasteiger charge is -2.12. The Hall–Kier alpha value is -1.65. The number of nitrogens with zero attached hydrogens (tertiary/aromatic N) is 5. The summed E-state index contributed by atoms with van der Waals surface area (Å²) in [6.07, 6.45) is 3.49. The van der Waals surface area contributed by atoms with E-state index < -0.39 is 0 Å². The van der Waals surface area contributed by atoms with Gasteiger partial charge >= 0.3 is 0 Å². The summed E-state index contributed by atoms with van der Waals surface area (Å²) in [5, 5.41) is 18.6. The van der Waals surface area contributed by atoms with E-state index in [1.807, 2.05) is 18.4 Å². The first-order chi connectivity index (χ1) is 11.2. The Morgan fingerprint density at radius 2 is 2.04 bits per heavy atom. The SMILES string of the molecule is CCc1nncn1CCNC(=NC)NCCc1c(C)noc1C.I. The molecule has 0 saturated carbocycles. The predicted molar refractivity (Wildman–Crippen MR) is 104 cm³/mol. The van der Waals surface area contributed by atoms with Crippen LogP contribution in [0.3, 0.4) is 0 Å². The van der Waals surface area contributed by atoms with Gasteiger partial charge in [0.25, 0.3) is 0 Å². The molecule has 0 radical (unpaired) electrons. The number of halogens is 1. The third-order valence-electron chi connectivity index (χ3n) is 3.73. The van der Waals surface area contributed by atoms with Crippen LogP contribution in [0.25, 0.3) is 0 Å². The summed E-state index contributed by atoms with van der Waals surface area (Å²) in [5.41, 5.74) is 2.11. The maximum atomic E-state index is 5.17. The second-order valence-corrected chi connectivity index (χ2v) is 5.27. The first-order valence-electron chi connectivity index (χ1n) is 7.88. The van der Waals surface area contributed by atoms with Crippen LogP contribution >= 0.6 is 24.0 Å². The predicted octanol–water partition coefficient (Wildman–Crippen LogP) is 1.47. The van der Waals surface area contributed by atoms with Gasteiger partial charge in [0.1, 0.15) is 17.9 Å². The fourth-order valence-corrected chi connectivity index (χ4v) is 2.42. The molecule has 0 aliphatic rings. The minimum atomic E-state index is 0.